The fourth-order valence-corrected chi connectivity index (χ4v) is 4.50. The topological polar surface area (TPSA) is 12.0 Å². The molecule has 0 spiro atoms. The quantitative estimate of drug-likeness (QED) is 0.754. The second-order valence-electron chi connectivity index (χ2n) is 7.79. The Hall–Kier alpha value is -0.0400. The van der Waals surface area contributed by atoms with Crippen LogP contribution in [0.1, 0.15) is 79.1 Å². The lowest BCUT2D eigenvalue weighted by molar-refractivity contribution is 0.143. The Bertz CT molecular complexity index is 254. The molecule has 2 saturated carbocycles. The summed E-state index contributed by atoms with van der Waals surface area (Å²) in [6.45, 7) is 9.73. The molecule has 0 bridgehead atoms. The zero-order chi connectivity index (χ0) is 13.8. The Balaban J connectivity index is 1.90. The van der Waals surface area contributed by atoms with Gasteiger partial charge in [-0.3, -0.25) is 0 Å². The van der Waals surface area contributed by atoms with Crippen LogP contribution in [0.15, 0.2) is 0 Å². The summed E-state index contributed by atoms with van der Waals surface area (Å²) >= 11 is 0. The van der Waals surface area contributed by atoms with Crippen molar-refractivity contribution in [3.8, 4) is 0 Å². The van der Waals surface area contributed by atoms with Crippen LogP contribution in [0, 0.1) is 23.7 Å². The fourth-order valence-electron chi connectivity index (χ4n) is 4.50. The van der Waals surface area contributed by atoms with Crippen LogP contribution in [0.2, 0.25) is 0 Å². The van der Waals surface area contributed by atoms with E-state index in [1.807, 2.05) is 0 Å². The van der Waals surface area contributed by atoms with Crippen molar-refractivity contribution in [1.29, 1.82) is 0 Å². The maximum Gasteiger partial charge on any atom is 0.0103 e. The third kappa shape index (κ3) is 4.21. The Labute approximate surface area is 120 Å². The van der Waals surface area contributed by atoms with Gasteiger partial charge >= 0.3 is 0 Å². The zero-order valence-corrected chi connectivity index (χ0v) is 13.6. The molecule has 0 aliphatic heterocycles. The molecule has 0 amide bonds. The second-order valence-corrected chi connectivity index (χ2v) is 7.79. The average molecular weight is 265 g/mol. The number of nitrogens with one attached hydrogen (secondary N) is 1. The first-order chi connectivity index (χ1) is 9.08. The monoisotopic (exact) mass is 265 g/mol. The lowest BCUT2D eigenvalue weighted by Crippen LogP contribution is -2.49. The Morgan fingerprint density at radius 2 is 1.58 bits per heavy atom. The van der Waals surface area contributed by atoms with Crippen molar-refractivity contribution in [2.75, 3.05) is 0 Å². The lowest BCUT2D eigenvalue weighted by Gasteiger charge is -2.41. The summed E-state index contributed by atoms with van der Waals surface area (Å²) in [6.07, 6.45) is 11.6. The van der Waals surface area contributed by atoms with Crippen LogP contribution in [0.4, 0.5) is 0 Å². The van der Waals surface area contributed by atoms with E-state index in [4.69, 9.17) is 0 Å². The summed E-state index contributed by atoms with van der Waals surface area (Å²) in [5.41, 5.74) is 0. The van der Waals surface area contributed by atoms with Gasteiger partial charge in [-0.05, 0) is 56.3 Å². The molecule has 19 heavy (non-hydrogen) atoms. The molecule has 1 N–H and O–H groups in total. The minimum absolute atomic E-state index is 0.733. The molecule has 0 radical (unpaired) electrons. The highest BCUT2D eigenvalue weighted by atomic mass is 15.0. The largest absolute Gasteiger partial charge is 0.311 e. The van der Waals surface area contributed by atoms with Crippen LogP contribution < -0.4 is 5.32 Å². The summed E-state index contributed by atoms with van der Waals surface area (Å²) < 4.78 is 0. The molecule has 112 valence electrons. The van der Waals surface area contributed by atoms with Gasteiger partial charge in [0.15, 0.2) is 0 Å². The molecular formula is C18H35N. The number of hydrogen-bond acceptors (Lipinski definition) is 1. The van der Waals surface area contributed by atoms with Gasteiger partial charge in [-0.2, -0.15) is 0 Å². The van der Waals surface area contributed by atoms with Crippen molar-refractivity contribution in [3.63, 3.8) is 0 Å². The van der Waals surface area contributed by atoms with E-state index in [0.29, 0.717) is 0 Å². The smallest absolute Gasteiger partial charge is 0.0103 e. The summed E-state index contributed by atoms with van der Waals surface area (Å²) in [4.78, 5) is 0. The van der Waals surface area contributed by atoms with E-state index in [1.165, 1.54) is 51.4 Å². The molecule has 0 aromatic rings. The van der Waals surface area contributed by atoms with E-state index in [-0.39, 0.29) is 0 Å². The summed E-state index contributed by atoms with van der Waals surface area (Å²) in [5.74, 6) is 3.61. The molecule has 3 unspecified atom stereocenters. The van der Waals surface area contributed by atoms with E-state index >= 15 is 0 Å². The minimum Gasteiger partial charge on any atom is -0.311 e. The predicted molar refractivity (Wildman–Crippen MR) is 84.3 cm³/mol. The van der Waals surface area contributed by atoms with Crippen LogP contribution in [0.5, 0.6) is 0 Å². The molecule has 1 nitrogen and oxygen atoms in total. The highest BCUT2D eigenvalue weighted by molar-refractivity contribution is 4.88. The first-order valence-corrected chi connectivity index (χ1v) is 8.84. The molecule has 2 rings (SSSR count). The first-order valence-electron chi connectivity index (χ1n) is 8.84. The molecule has 0 saturated heterocycles. The molecular weight excluding hydrogens is 230 g/mol. The molecule has 2 aliphatic rings. The zero-order valence-electron chi connectivity index (χ0n) is 13.6. The van der Waals surface area contributed by atoms with Crippen molar-refractivity contribution in [2.45, 2.75) is 91.1 Å². The lowest BCUT2D eigenvalue weighted by atomic mass is 9.73. The van der Waals surface area contributed by atoms with Crippen molar-refractivity contribution in [3.05, 3.63) is 0 Å². The van der Waals surface area contributed by atoms with Crippen molar-refractivity contribution >= 4 is 0 Å². The van der Waals surface area contributed by atoms with Crippen LogP contribution in [-0.4, -0.2) is 12.1 Å². The van der Waals surface area contributed by atoms with Crippen LogP contribution in [0.3, 0.4) is 0 Å². The maximum atomic E-state index is 4.05. The standard InChI is InChI=1S/C18H35N/c1-13(2)17-11-10-14(3)12-18(17)19-15(4)16-8-6-5-7-9-16/h13-19H,5-12H2,1-4H3/t14?,15-,17?,18?/m1/s1. The van der Waals surface area contributed by atoms with Gasteiger partial charge in [0.05, 0.1) is 0 Å². The third-order valence-electron chi connectivity index (χ3n) is 5.86. The van der Waals surface area contributed by atoms with Gasteiger partial charge in [0.1, 0.15) is 0 Å². The average Bonchev–Trinajstić information content (AvgIpc) is 2.39. The Kier molecular flexibility index (Phi) is 5.74. The van der Waals surface area contributed by atoms with E-state index in [9.17, 15) is 0 Å². The third-order valence-corrected chi connectivity index (χ3v) is 5.86. The summed E-state index contributed by atoms with van der Waals surface area (Å²) in [6, 6.07) is 1.51. The summed E-state index contributed by atoms with van der Waals surface area (Å²) in [5, 5.41) is 4.05. The van der Waals surface area contributed by atoms with Gasteiger partial charge in [0, 0.05) is 12.1 Å². The molecule has 2 aliphatic carbocycles. The Morgan fingerprint density at radius 1 is 0.895 bits per heavy atom. The van der Waals surface area contributed by atoms with Crippen LogP contribution in [-0.2, 0) is 0 Å². The number of rotatable bonds is 4. The van der Waals surface area contributed by atoms with Crippen LogP contribution >= 0.6 is 0 Å². The van der Waals surface area contributed by atoms with Gasteiger partial charge < -0.3 is 5.32 Å². The first kappa shape index (κ1) is 15.4. The predicted octanol–water partition coefficient (Wildman–Crippen LogP) is 5.01. The molecule has 0 heterocycles. The second kappa shape index (κ2) is 7.11. The van der Waals surface area contributed by atoms with E-state index in [0.717, 1.165) is 35.8 Å². The van der Waals surface area contributed by atoms with Gasteiger partial charge in [-0.25, -0.2) is 0 Å². The van der Waals surface area contributed by atoms with Gasteiger partial charge in [0.25, 0.3) is 0 Å². The fraction of sp³-hybridized carbons (Fsp3) is 1.00. The van der Waals surface area contributed by atoms with E-state index in [2.05, 4.69) is 33.0 Å². The van der Waals surface area contributed by atoms with E-state index in [1.54, 1.807) is 0 Å². The Morgan fingerprint density at radius 3 is 2.21 bits per heavy atom. The SMILES string of the molecule is CC1CCC(C(C)C)C(N[C@H](C)C2CCCCC2)C1. The van der Waals surface area contributed by atoms with E-state index < -0.39 is 0 Å². The van der Waals surface area contributed by atoms with Crippen molar-refractivity contribution < 1.29 is 0 Å². The summed E-state index contributed by atoms with van der Waals surface area (Å²) in [7, 11) is 0. The minimum atomic E-state index is 0.733. The van der Waals surface area contributed by atoms with Crippen molar-refractivity contribution in [1.82, 2.24) is 5.32 Å². The highest BCUT2D eigenvalue weighted by Crippen LogP contribution is 2.35. The van der Waals surface area contributed by atoms with Gasteiger partial charge in [-0.15, -0.1) is 0 Å². The molecule has 0 aromatic carbocycles. The molecule has 4 atom stereocenters. The highest BCUT2D eigenvalue weighted by Gasteiger charge is 2.32. The van der Waals surface area contributed by atoms with Gasteiger partial charge in [0.2, 0.25) is 0 Å². The van der Waals surface area contributed by atoms with Crippen LogP contribution in [0.25, 0.3) is 0 Å². The normalized spacial score (nSPS) is 35.5. The maximum absolute atomic E-state index is 4.05. The molecule has 1 heteroatoms. The van der Waals surface area contributed by atoms with Gasteiger partial charge in [-0.1, -0.05) is 46.5 Å². The number of hydrogen-bond donors (Lipinski definition) is 1. The van der Waals surface area contributed by atoms with Crippen molar-refractivity contribution in [2.24, 2.45) is 23.7 Å². The molecule has 0 aromatic heterocycles. The molecule has 2 fully saturated rings.